The van der Waals surface area contributed by atoms with E-state index in [2.05, 4.69) is 47.6 Å². The number of hydrogen-bond donors (Lipinski definition) is 1. The minimum atomic E-state index is 0.362. The van der Waals surface area contributed by atoms with Crippen LogP contribution in [0.4, 0.5) is 0 Å². The highest BCUT2D eigenvalue weighted by molar-refractivity contribution is 5.18. The molecule has 1 atom stereocenters. The van der Waals surface area contributed by atoms with Crippen molar-refractivity contribution in [3.05, 3.63) is 66.0 Å². The van der Waals surface area contributed by atoms with Gasteiger partial charge in [-0.05, 0) is 24.1 Å². The fourth-order valence-electron chi connectivity index (χ4n) is 1.63. The molecule has 0 saturated heterocycles. The average molecular weight is 212 g/mol. The van der Waals surface area contributed by atoms with E-state index in [4.69, 9.17) is 0 Å². The smallest absolute Gasteiger partial charge is 0.0312 e. The van der Waals surface area contributed by atoms with Crippen LogP contribution in [0, 0.1) is 0 Å². The fourth-order valence-corrected chi connectivity index (χ4v) is 1.63. The summed E-state index contributed by atoms with van der Waals surface area (Å²) in [6.07, 6.45) is 3.69. The molecule has 2 aromatic rings. The topological polar surface area (TPSA) is 24.9 Å². The van der Waals surface area contributed by atoms with Gasteiger partial charge in [-0.3, -0.25) is 4.98 Å². The van der Waals surface area contributed by atoms with Crippen LogP contribution in [-0.4, -0.2) is 4.98 Å². The van der Waals surface area contributed by atoms with Gasteiger partial charge in [-0.1, -0.05) is 36.4 Å². The Balaban J connectivity index is 1.92. The number of benzene rings is 1. The second kappa shape index (κ2) is 5.42. The van der Waals surface area contributed by atoms with Crippen molar-refractivity contribution in [2.45, 2.75) is 19.5 Å². The number of nitrogens with one attached hydrogen (secondary N) is 1. The maximum absolute atomic E-state index is 4.10. The van der Waals surface area contributed by atoms with Crippen LogP contribution in [-0.2, 0) is 6.54 Å². The minimum absolute atomic E-state index is 0.362. The molecule has 1 N–H and O–H groups in total. The molecule has 0 aliphatic rings. The molecule has 0 amide bonds. The highest BCUT2D eigenvalue weighted by Gasteiger charge is 2.03. The van der Waals surface area contributed by atoms with E-state index < -0.39 is 0 Å². The molecule has 2 heteroatoms. The van der Waals surface area contributed by atoms with Gasteiger partial charge in [0.1, 0.15) is 0 Å². The number of hydrogen-bond acceptors (Lipinski definition) is 2. The predicted octanol–water partition coefficient (Wildman–Crippen LogP) is 2.93. The lowest BCUT2D eigenvalue weighted by Crippen LogP contribution is -2.17. The molecule has 2 rings (SSSR count). The van der Waals surface area contributed by atoms with E-state index in [9.17, 15) is 0 Å². The van der Waals surface area contributed by atoms with Crippen molar-refractivity contribution in [3.63, 3.8) is 0 Å². The molecule has 0 aliphatic heterocycles. The van der Waals surface area contributed by atoms with Gasteiger partial charge in [-0.2, -0.15) is 0 Å². The third kappa shape index (κ3) is 2.91. The molecule has 82 valence electrons. The van der Waals surface area contributed by atoms with Gasteiger partial charge in [0.05, 0.1) is 0 Å². The second-order valence-electron chi connectivity index (χ2n) is 3.87. The van der Waals surface area contributed by atoms with Crippen molar-refractivity contribution >= 4 is 0 Å². The summed E-state index contributed by atoms with van der Waals surface area (Å²) in [5.41, 5.74) is 2.52. The summed E-state index contributed by atoms with van der Waals surface area (Å²) in [5.74, 6) is 0. The van der Waals surface area contributed by atoms with Crippen molar-refractivity contribution in [2.24, 2.45) is 0 Å². The van der Waals surface area contributed by atoms with E-state index in [-0.39, 0.29) is 0 Å². The molecule has 16 heavy (non-hydrogen) atoms. The first kappa shape index (κ1) is 10.8. The van der Waals surface area contributed by atoms with Crippen molar-refractivity contribution in [2.75, 3.05) is 0 Å². The Morgan fingerprint density at radius 1 is 1.12 bits per heavy atom. The van der Waals surface area contributed by atoms with Gasteiger partial charge in [0, 0.05) is 25.0 Å². The molecule has 0 spiro atoms. The summed E-state index contributed by atoms with van der Waals surface area (Å²) in [4.78, 5) is 4.10. The van der Waals surface area contributed by atoms with Crippen LogP contribution in [0.5, 0.6) is 0 Å². The zero-order chi connectivity index (χ0) is 11.2. The van der Waals surface area contributed by atoms with Crippen LogP contribution in [0.1, 0.15) is 24.1 Å². The van der Waals surface area contributed by atoms with Gasteiger partial charge < -0.3 is 5.32 Å². The number of pyridine rings is 1. The molecule has 0 unspecified atom stereocenters. The van der Waals surface area contributed by atoms with Crippen LogP contribution < -0.4 is 5.32 Å². The van der Waals surface area contributed by atoms with E-state index in [0.29, 0.717) is 6.04 Å². The Morgan fingerprint density at radius 3 is 2.62 bits per heavy atom. The van der Waals surface area contributed by atoms with Crippen LogP contribution in [0.2, 0.25) is 0 Å². The second-order valence-corrected chi connectivity index (χ2v) is 3.87. The SMILES string of the molecule is C[C@H](NCc1cccnc1)c1ccccc1. The first-order valence-electron chi connectivity index (χ1n) is 5.53. The van der Waals surface area contributed by atoms with E-state index >= 15 is 0 Å². The summed E-state index contributed by atoms with van der Waals surface area (Å²) in [7, 11) is 0. The van der Waals surface area contributed by atoms with Crippen LogP contribution >= 0.6 is 0 Å². The lowest BCUT2D eigenvalue weighted by molar-refractivity contribution is 0.574. The van der Waals surface area contributed by atoms with Gasteiger partial charge in [-0.15, -0.1) is 0 Å². The van der Waals surface area contributed by atoms with E-state index in [1.807, 2.05) is 18.3 Å². The van der Waals surface area contributed by atoms with Crippen LogP contribution in [0.15, 0.2) is 54.9 Å². The monoisotopic (exact) mass is 212 g/mol. The van der Waals surface area contributed by atoms with Gasteiger partial charge in [0.25, 0.3) is 0 Å². The summed E-state index contributed by atoms with van der Waals surface area (Å²) in [5, 5.41) is 3.48. The largest absolute Gasteiger partial charge is 0.306 e. The van der Waals surface area contributed by atoms with Crippen LogP contribution in [0.3, 0.4) is 0 Å². The Morgan fingerprint density at radius 2 is 1.94 bits per heavy atom. The van der Waals surface area contributed by atoms with Crippen molar-refractivity contribution < 1.29 is 0 Å². The lowest BCUT2D eigenvalue weighted by atomic mass is 10.1. The molecule has 2 nitrogen and oxygen atoms in total. The van der Waals surface area contributed by atoms with E-state index in [1.165, 1.54) is 11.1 Å². The predicted molar refractivity (Wildman–Crippen MR) is 65.9 cm³/mol. The molecule has 1 aromatic heterocycles. The van der Waals surface area contributed by atoms with E-state index in [1.54, 1.807) is 6.20 Å². The van der Waals surface area contributed by atoms with Crippen molar-refractivity contribution in [3.8, 4) is 0 Å². The molecule has 0 fully saturated rings. The first-order valence-corrected chi connectivity index (χ1v) is 5.53. The Bertz CT molecular complexity index is 411. The third-order valence-corrected chi connectivity index (χ3v) is 2.63. The number of nitrogens with zero attached hydrogens (tertiary/aromatic N) is 1. The van der Waals surface area contributed by atoms with E-state index in [0.717, 1.165) is 6.54 Å². The minimum Gasteiger partial charge on any atom is -0.306 e. The summed E-state index contributed by atoms with van der Waals surface area (Å²) in [6.45, 7) is 3.02. The standard InChI is InChI=1S/C14H16N2/c1-12(14-7-3-2-4-8-14)16-11-13-6-5-9-15-10-13/h2-10,12,16H,11H2,1H3/t12-/m0/s1. The molecule has 0 radical (unpaired) electrons. The molecular weight excluding hydrogens is 196 g/mol. The summed E-state index contributed by atoms with van der Waals surface area (Å²) < 4.78 is 0. The lowest BCUT2D eigenvalue weighted by Gasteiger charge is -2.13. The van der Waals surface area contributed by atoms with Crippen LogP contribution in [0.25, 0.3) is 0 Å². The molecule has 1 aromatic carbocycles. The quantitative estimate of drug-likeness (QED) is 0.842. The molecule has 0 saturated carbocycles. The van der Waals surface area contributed by atoms with Crippen molar-refractivity contribution in [1.29, 1.82) is 0 Å². The van der Waals surface area contributed by atoms with Crippen molar-refractivity contribution in [1.82, 2.24) is 10.3 Å². The van der Waals surface area contributed by atoms with Gasteiger partial charge in [0.15, 0.2) is 0 Å². The Labute approximate surface area is 96.4 Å². The maximum atomic E-state index is 4.10. The first-order chi connectivity index (χ1) is 7.86. The zero-order valence-electron chi connectivity index (χ0n) is 9.43. The zero-order valence-corrected chi connectivity index (χ0v) is 9.43. The number of aromatic nitrogens is 1. The average Bonchev–Trinajstić information content (AvgIpc) is 2.38. The molecule has 0 aliphatic carbocycles. The Kier molecular flexibility index (Phi) is 3.67. The van der Waals surface area contributed by atoms with Gasteiger partial charge >= 0.3 is 0 Å². The van der Waals surface area contributed by atoms with Gasteiger partial charge in [0.2, 0.25) is 0 Å². The molecule has 1 heterocycles. The summed E-state index contributed by atoms with van der Waals surface area (Å²) >= 11 is 0. The normalized spacial score (nSPS) is 12.3. The molecular formula is C14H16N2. The maximum Gasteiger partial charge on any atom is 0.0312 e. The number of rotatable bonds is 4. The van der Waals surface area contributed by atoms with Gasteiger partial charge in [-0.25, -0.2) is 0 Å². The Hall–Kier alpha value is -1.67. The summed E-state index contributed by atoms with van der Waals surface area (Å²) in [6, 6.07) is 14.9. The fraction of sp³-hybridized carbons (Fsp3) is 0.214. The highest BCUT2D eigenvalue weighted by atomic mass is 14.9. The highest BCUT2D eigenvalue weighted by Crippen LogP contribution is 2.11. The third-order valence-electron chi connectivity index (χ3n) is 2.63. The molecule has 0 bridgehead atoms.